The van der Waals surface area contributed by atoms with E-state index in [0.29, 0.717) is 0 Å². The van der Waals surface area contributed by atoms with Crippen molar-refractivity contribution in [3.05, 3.63) is 66.2 Å². The topological polar surface area (TPSA) is 29.1 Å². The van der Waals surface area contributed by atoms with Gasteiger partial charge in [0, 0.05) is 5.69 Å². The summed E-state index contributed by atoms with van der Waals surface area (Å²) >= 11 is 6.20. The van der Waals surface area contributed by atoms with Crippen LogP contribution in [-0.2, 0) is 4.57 Å². The van der Waals surface area contributed by atoms with Crippen LogP contribution in [0.4, 0.5) is 5.69 Å². The number of para-hydroxylation sites is 1. The maximum absolute atomic E-state index is 12.5. The van der Waals surface area contributed by atoms with Gasteiger partial charge in [-0.25, -0.2) is 0 Å². The van der Waals surface area contributed by atoms with Gasteiger partial charge in [-0.2, -0.15) is 0 Å². The molecule has 2 rings (SSSR count). The minimum atomic E-state index is -3.01. The Morgan fingerprint density at radius 1 is 1.00 bits per heavy atom. The third-order valence-electron chi connectivity index (χ3n) is 2.84. The van der Waals surface area contributed by atoms with E-state index >= 15 is 0 Å². The molecule has 4 heteroatoms. The summed E-state index contributed by atoms with van der Waals surface area (Å²) < 4.78 is 12.5. The van der Waals surface area contributed by atoms with Gasteiger partial charge in [0.15, 0.2) is 0 Å². The molecule has 0 radical (unpaired) electrons. The molecule has 2 aromatic carbocycles. The predicted molar refractivity (Wildman–Crippen MR) is 78.4 cm³/mol. The van der Waals surface area contributed by atoms with Crippen molar-refractivity contribution in [1.82, 2.24) is 0 Å². The summed E-state index contributed by atoms with van der Waals surface area (Å²) in [5.41, 5.74) is 1.51. The van der Waals surface area contributed by atoms with E-state index in [4.69, 9.17) is 11.2 Å². The summed E-state index contributed by atoms with van der Waals surface area (Å²) in [7, 11) is 0. The molecule has 0 saturated carbocycles. The first-order valence-corrected chi connectivity index (χ1v) is 8.45. The average molecular weight is 280 g/mol. The van der Waals surface area contributed by atoms with Crippen molar-refractivity contribution in [3.8, 4) is 0 Å². The second-order valence-electron chi connectivity index (χ2n) is 4.14. The van der Waals surface area contributed by atoms with Crippen molar-refractivity contribution in [3.63, 3.8) is 0 Å². The van der Waals surface area contributed by atoms with Crippen molar-refractivity contribution < 1.29 is 4.57 Å². The fraction of sp³-hybridized carbons (Fsp3) is 0.143. The monoisotopic (exact) mass is 279 g/mol. The second-order valence-corrected chi connectivity index (χ2v) is 7.80. The number of nitrogens with one attached hydrogen (secondary N) is 1. The van der Waals surface area contributed by atoms with Crippen molar-refractivity contribution in [1.29, 1.82) is 0 Å². The molecule has 94 valence electrons. The lowest BCUT2D eigenvalue weighted by atomic mass is 10.2. The zero-order valence-electron chi connectivity index (χ0n) is 10.1. The first-order chi connectivity index (χ1) is 8.59. The molecule has 18 heavy (non-hydrogen) atoms. The zero-order valence-corrected chi connectivity index (χ0v) is 11.7. The molecule has 0 aliphatic heterocycles. The van der Waals surface area contributed by atoms with Crippen LogP contribution in [0.5, 0.6) is 0 Å². The zero-order chi connectivity index (χ0) is 13.0. The van der Waals surface area contributed by atoms with Crippen molar-refractivity contribution >= 4 is 23.6 Å². The Bertz CT molecular complexity index is 544. The Morgan fingerprint density at radius 2 is 1.50 bits per heavy atom. The first-order valence-electron chi connectivity index (χ1n) is 5.77. The minimum absolute atomic E-state index is 0.236. The van der Waals surface area contributed by atoms with Gasteiger partial charge in [0.1, 0.15) is 0 Å². The van der Waals surface area contributed by atoms with Crippen molar-refractivity contribution in [2.45, 2.75) is 12.6 Å². The van der Waals surface area contributed by atoms with Crippen LogP contribution in [0, 0.1) is 0 Å². The highest BCUT2D eigenvalue weighted by atomic mass is 35.7. The lowest BCUT2D eigenvalue weighted by molar-refractivity contribution is 0.581. The van der Waals surface area contributed by atoms with Crippen LogP contribution in [0.25, 0.3) is 0 Å². The van der Waals surface area contributed by atoms with Gasteiger partial charge in [0.25, 0.3) is 6.65 Å². The summed E-state index contributed by atoms with van der Waals surface area (Å²) in [6, 6.07) is 19.0. The third kappa shape index (κ3) is 3.16. The smallest absolute Gasteiger partial charge is 0.262 e. The molecule has 2 aromatic rings. The molecule has 0 aromatic heterocycles. The Balaban J connectivity index is 2.19. The molecular weight excluding hydrogens is 265 g/mol. The van der Waals surface area contributed by atoms with E-state index in [9.17, 15) is 4.57 Å². The molecule has 0 heterocycles. The van der Waals surface area contributed by atoms with Crippen molar-refractivity contribution in [2.75, 3.05) is 5.09 Å². The van der Waals surface area contributed by atoms with Crippen LogP contribution >= 0.6 is 17.9 Å². The molecule has 2 unspecified atom stereocenters. The van der Waals surface area contributed by atoms with E-state index in [0.717, 1.165) is 11.3 Å². The van der Waals surface area contributed by atoms with Crippen LogP contribution in [0.15, 0.2) is 60.7 Å². The van der Waals surface area contributed by atoms with Gasteiger partial charge < -0.3 is 5.09 Å². The fourth-order valence-corrected chi connectivity index (χ4v) is 3.59. The predicted octanol–water partition coefficient (Wildman–Crippen LogP) is 5.29. The van der Waals surface area contributed by atoms with Gasteiger partial charge in [0.05, 0.1) is 5.66 Å². The number of halogens is 1. The summed E-state index contributed by atoms with van der Waals surface area (Å²) in [6.45, 7) is -1.13. The van der Waals surface area contributed by atoms with Crippen LogP contribution in [-0.4, -0.2) is 0 Å². The fourth-order valence-electron chi connectivity index (χ4n) is 1.71. The number of hydrogen-bond donors (Lipinski definition) is 1. The van der Waals surface area contributed by atoms with Gasteiger partial charge in [-0.15, -0.1) is 0 Å². The van der Waals surface area contributed by atoms with Gasteiger partial charge in [-0.3, -0.25) is 4.57 Å². The average Bonchev–Trinajstić information content (AvgIpc) is 2.39. The molecule has 0 saturated heterocycles. The molecule has 0 aliphatic rings. The van der Waals surface area contributed by atoms with Crippen LogP contribution in [0.3, 0.4) is 0 Å². The van der Waals surface area contributed by atoms with Gasteiger partial charge in [-0.1, -0.05) is 48.5 Å². The molecule has 0 amide bonds. The largest absolute Gasteiger partial charge is 0.324 e. The second kappa shape index (κ2) is 5.60. The quantitative estimate of drug-likeness (QED) is 0.770. The van der Waals surface area contributed by atoms with Gasteiger partial charge in [-0.05, 0) is 35.9 Å². The normalized spacial score (nSPS) is 15.7. The van der Waals surface area contributed by atoms with E-state index < -0.39 is 6.65 Å². The van der Waals surface area contributed by atoms with Crippen LogP contribution in [0.2, 0.25) is 0 Å². The molecule has 0 aliphatic carbocycles. The summed E-state index contributed by atoms with van der Waals surface area (Å²) in [5, 5.41) is 2.94. The molecule has 0 fully saturated rings. The Morgan fingerprint density at radius 3 is 2.06 bits per heavy atom. The van der Waals surface area contributed by atoms with E-state index in [1.807, 2.05) is 67.6 Å². The molecular formula is C14H15ClNOP. The highest BCUT2D eigenvalue weighted by molar-refractivity contribution is 7.90. The number of benzene rings is 2. The molecule has 2 nitrogen and oxygen atoms in total. The van der Waals surface area contributed by atoms with Gasteiger partial charge in [0.2, 0.25) is 0 Å². The number of rotatable bonds is 4. The lowest BCUT2D eigenvalue weighted by Crippen LogP contribution is -2.00. The van der Waals surface area contributed by atoms with E-state index in [-0.39, 0.29) is 5.66 Å². The highest BCUT2D eigenvalue weighted by Crippen LogP contribution is 2.62. The summed E-state index contributed by atoms with van der Waals surface area (Å²) in [4.78, 5) is 0. The number of anilines is 1. The van der Waals surface area contributed by atoms with Crippen molar-refractivity contribution in [2.24, 2.45) is 0 Å². The maximum atomic E-state index is 12.5. The summed E-state index contributed by atoms with van der Waals surface area (Å²) in [5.74, 6) is 0. The Labute approximate surface area is 112 Å². The Kier molecular flexibility index (Phi) is 4.11. The molecule has 0 bridgehead atoms. The van der Waals surface area contributed by atoms with Crippen LogP contribution < -0.4 is 5.09 Å². The number of hydrogen-bond acceptors (Lipinski definition) is 1. The SMILES string of the molecule is CC(c1ccccc1)P(=O)(Cl)Nc1ccccc1. The lowest BCUT2D eigenvalue weighted by Gasteiger charge is -2.20. The summed E-state index contributed by atoms with van der Waals surface area (Å²) in [6.07, 6.45) is 0. The highest BCUT2D eigenvalue weighted by Gasteiger charge is 2.28. The minimum Gasteiger partial charge on any atom is -0.324 e. The first kappa shape index (κ1) is 13.2. The van der Waals surface area contributed by atoms with E-state index in [1.165, 1.54) is 0 Å². The third-order valence-corrected chi connectivity index (χ3v) is 5.82. The molecule has 2 atom stereocenters. The molecule has 1 N–H and O–H groups in total. The molecule has 0 spiro atoms. The standard InChI is InChI=1S/C14H15ClNOP/c1-12(13-8-4-2-5-9-13)18(15,17)16-14-10-6-3-7-11-14/h2-12H,1H3,(H,16,17). The maximum Gasteiger partial charge on any atom is 0.262 e. The van der Waals surface area contributed by atoms with E-state index in [2.05, 4.69) is 5.09 Å². The van der Waals surface area contributed by atoms with Gasteiger partial charge >= 0.3 is 0 Å². The van der Waals surface area contributed by atoms with Crippen LogP contribution in [0.1, 0.15) is 18.1 Å². The Hall–Kier alpha value is -1.24. The van der Waals surface area contributed by atoms with E-state index in [1.54, 1.807) is 0 Å².